The summed E-state index contributed by atoms with van der Waals surface area (Å²) in [4.78, 5) is 0. The number of hydrogen-bond acceptors (Lipinski definition) is 1. The first-order valence-electron chi connectivity index (χ1n) is 5.41. The molecule has 1 N–H and O–H groups in total. The van der Waals surface area contributed by atoms with Gasteiger partial charge in [0.05, 0.1) is 0 Å². The zero-order valence-corrected chi connectivity index (χ0v) is 9.97. The molecular weight excluding hydrogens is 189 g/mol. The van der Waals surface area contributed by atoms with Crippen molar-refractivity contribution in [3.05, 3.63) is 35.6 Å². The molecule has 0 heterocycles. The molecule has 1 nitrogen and oxygen atoms in total. The topological polar surface area (TPSA) is 12.0 Å². The van der Waals surface area contributed by atoms with Gasteiger partial charge in [0.2, 0.25) is 0 Å². The Kier molecular flexibility index (Phi) is 3.86. The van der Waals surface area contributed by atoms with Crippen LogP contribution in [0.15, 0.2) is 24.3 Å². The Morgan fingerprint density at radius 3 is 2.20 bits per heavy atom. The summed E-state index contributed by atoms with van der Waals surface area (Å²) >= 11 is 0. The minimum absolute atomic E-state index is 0.0476. The number of benzene rings is 1. The van der Waals surface area contributed by atoms with E-state index in [1.807, 2.05) is 12.1 Å². The smallest absolute Gasteiger partial charge is 0.123 e. The summed E-state index contributed by atoms with van der Waals surface area (Å²) < 4.78 is 12.7. The Balaban J connectivity index is 2.64. The van der Waals surface area contributed by atoms with Gasteiger partial charge < -0.3 is 5.32 Å². The number of nitrogens with one attached hydrogen (secondary N) is 1. The first-order valence-corrected chi connectivity index (χ1v) is 5.41. The summed E-state index contributed by atoms with van der Waals surface area (Å²) in [7, 11) is 0. The van der Waals surface area contributed by atoms with Crippen LogP contribution in [-0.2, 0) is 6.42 Å². The predicted octanol–water partition coefficient (Wildman–Crippen LogP) is 3.14. The molecule has 0 aliphatic carbocycles. The Bertz CT molecular complexity index is 301. The van der Waals surface area contributed by atoms with Gasteiger partial charge in [-0.1, -0.05) is 26.0 Å². The van der Waals surface area contributed by atoms with Gasteiger partial charge in [-0.3, -0.25) is 0 Å². The van der Waals surface area contributed by atoms with Gasteiger partial charge in [-0.05, 0) is 38.0 Å². The Hall–Kier alpha value is -0.890. The number of hydrogen-bond donors (Lipinski definition) is 1. The maximum atomic E-state index is 12.7. The molecule has 0 fully saturated rings. The van der Waals surface area contributed by atoms with E-state index in [0.717, 1.165) is 12.0 Å². The molecule has 0 amide bonds. The van der Waals surface area contributed by atoms with E-state index in [1.54, 1.807) is 0 Å². The first-order chi connectivity index (χ1) is 6.89. The monoisotopic (exact) mass is 209 g/mol. The lowest BCUT2D eigenvalue weighted by Crippen LogP contribution is -2.45. The van der Waals surface area contributed by atoms with Crippen LogP contribution in [0.1, 0.15) is 33.3 Å². The fourth-order valence-corrected chi connectivity index (χ4v) is 1.95. The zero-order valence-electron chi connectivity index (χ0n) is 9.97. The summed E-state index contributed by atoms with van der Waals surface area (Å²) in [5, 5.41) is 3.49. The molecule has 0 saturated carbocycles. The molecular formula is C13H20FN. The Morgan fingerprint density at radius 1 is 1.20 bits per heavy atom. The number of halogens is 1. The van der Waals surface area contributed by atoms with Crippen molar-refractivity contribution in [2.75, 3.05) is 0 Å². The van der Waals surface area contributed by atoms with Gasteiger partial charge in [-0.25, -0.2) is 4.39 Å². The molecule has 0 unspecified atom stereocenters. The van der Waals surface area contributed by atoms with Gasteiger partial charge in [0, 0.05) is 11.6 Å². The quantitative estimate of drug-likeness (QED) is 0.803. The molecule has 0 atom stereocenters. The van der Waals surface area contributed by atoms with Crippen LogP contribution in [0, 0.1) is 5.82 Å². The number of rotatable bonds is 4. The molecule has 1 aromatic rings. The minimum atomic E-state index is -0.173. The van der Waals surface area contributed by atoms with Crippen LogP contribution in [-0.4, -0.2) is 11.6 Å². The van der Waals surface area contributed by atoms with Gasteiger partial charge in [0.25, 0.3) is 0 Å². The highest BCUT2D eigenvalue weighted by molar-refractivity contribution is 5.18. The third-order valence-electron chi connectivity index (χ3n) is 2.24. The van der Waals surface area contributed by atoms with Gasteiger partial charge in [0.15, 0.2) is 0 Å². The van der Waals surface area contributed by atoms with Crippen molar-refractivity contribution in [1.82, 2.24) is 5.32 Å². The Labute approximate surface area is 91.7 Å². The van der Waals surface area contributed by atoms with Crippen molar-refractivity contribution in [2.45, 2.75) is 45.7 Å². The Morgan fingerprint density at radius 2 is 1.73 bits per heavy atom. The van der Waals surface area contributed by atoms with Crippen LogP contribution in [0.5, 0.6) is 0 Å². The molecule has 0 saturated heterocycles. The summed E-state index contributed by atoms with van der Waals surface area (Å²) in [6.07, 6.45) is 0.908. The third-order valence-corrected chi connectivity index (χ3v) is 2.24. The second-order valence-corrected chi connectivity index (χ2v) is 4.99. The largest absolute Gasteiger partial charge is 0.309 e. The summed E-state index contributed by atoms with van der Waals surface area (Å²) in [5.41, 5.74) is 1.21. The van der Waals surface area contributed by atoms with Crippen LogP contribution in [0.4, 0.5) is 4.39 Å². The lowest BCUT2D eigenvalue weighted by molar-refractivity contribution is 0.353. The highest BCUT2D eigenvalue weighted by atomic mass is 19.1. The fourth-order valence-electron chi connectivity index (χ4n) is 1.95. The van der Waals surface area contributed by atoms with Crippen LogP contribution in [0.2, 0.25) is 0 Å². The van der Waals surface area contributed by atoms with E-state index < -0.39 is 0 Å². The average molecular weight is 209 g/mol. The van der Waals surface area contributed by atoms with Crippen molar-refractivity contribution in [3.63, 3.8) is 0 Å². The van der Waals surface area contributed by atoms with E-state index in [9.17, 15) is 4.39 Å². The van der Waals surface area contributed by atoms with E-state index >= 15 is 0 Å². The molecule has 0 radical (unpaired) electrons. The molecule has 15 heavy (non-hydrogen) atoms. The van der Waals surface area contributed by atoms with Crippen LogP contribution >= 0.6 is 0 Å². The molecule has 2 heteroatoms. The lowest BCUT2D eigenvalue weighted by Gasteiger charge is -2.29. The fraction of sp³-hybridized carbons (Fsp3) is 0.538. The summed E-state index contributed by atoms with van der Waals surface area (Å²) in [5.74, 6) is -0.173. The predicted molar refractivity (Wildman–Crippen MR) is 62.5 cm³/mol. The maximum Gasteiger partial charge on any atom is 0.123 e. The van der Waals surface area contributed by atoms with Gasteiger partial charge in [-0.2, -0.15) is 0 Å². The average Bonchev–Trinajstić information content (AvgIpc) is 2.06. The molecule has 0 aromatic heterocycles. The molecule has 1 aromatic carbocycles. The summed E-state index contributed by atoms with van der Waals surface area (Å²) in [6, 6.07) is 7.18. The zero-order chi connectivity index (χ0) is 11.5. The molecule has 0 spiro atoms. The van der Waals surface area contributed by atoms with Crippen molar-refractivity contribution in [3.8, 4) is 0 Å². The second kappa shape index (κ2) is 4.75. The van der Waals surface area contributed by atoms with E-state index in [-0.39, 0.29) is 11.4 Å². The summed E-state index contributed by atoms with van der Waals surface area (Å²) in [6.45, 7) is 8.59. The standard InChI is InChI=1S/C13H20FN/c1-10(2)15-13(3,4)9-11-5-7-12(14)8-6-11/h5-8,10,15H,9H2,1-4H3. The third kappa shape index (κ3) is 4.43. The SMILES string of the molecule is CC(C)NC(C)(C)Cc1ccc(F)cc1. The minimum Gasteiger partial charge on any atom is -0.309 e. The lowest BCUT2D eigenvalue weighted by atomic mass is 9.94. The highest BCUT2D eigenvalue weighted by Crippen LogP contribution is 2.13. The van der Waals surface area contributed by atoms with Gasteiger partial charge in [0.1, 0.15) is 5.82 Å². The van der Waals surface area contributed by atoms with Crippen LogP contribution < -0.4 is 5.32 Å². The van der Waals surface area contributed by atoms with Crippen molar-refractivity contribution < 1.29 is 4.39 Å². The normalized spacial score (nSPS) is 12.1. The first kappa shape index (κ1) is 12.2. The van der Waals surface area contributed by atoms with Gasteiger partial charge >= 0.3 is 0 Å². The molecule has 0 aliphatic rings. The molecule has 0 bridgehead atoms. The van der Waals surface area contributed by atoms with E-state index in [0.29, 0.717) is 6.04 Å². The second-order valence-electron chi connectivity index (χ2n) is 4.99. The van der Waals surface area contributed by atoms with Crippen molar-refractivity contribution in [2.24, 2.45) is 0 Å². The van der Waals surface area contributed by atoms with Crippen LogP contribution in [0.3, 0.4) is 0 Å². The molecule has 84 valence electrons. The highest BCUT2D eigenvalue weighted by Gasteiger charge is 2.18. The molecule has 0 aliphatic heterocycles. The van der Waals surface area contributed by atoms with Crippen LogP contribution in [0.25, 0.3) is 0 Å². The molecule has 1 rings (SSSR count). The van der Waals surface area contributed by atoms with Gasteiger partial charge in [-0.15, -0.1) is 0 Å². The van der Waals surface area contributed by atoms with E-state index in [2.05, 4.69) is 33.0 Å². The van der Waals surface area contributed by atoms with Crippen molar-refractivity contribution >= 4 is 0 Å². The maximum absolute atomic E-state index is 12.7. The van der Waals surface area contributed by atoms with E-state index in [1.165, 1.54) is 12.1 Å². The van der Waals surface area contributed by atoms with E-state index in [4.69, 9.17) is 0 Å². The van der Waals surface area contributed by atoms with Crippen molar-refractivity contribution in [1.29, 1.82) is 0 Å².